The van der Waals surface area contributed by atoms with Gasteiger partial charge in [0.1, 0.15) is 0 Å². The van der Waals surface area contributed by atoms with Gasteiger partial charge in [-0.15, -0.1) is 0 Å². The Labute approximate surface area is 160 Å². The van der Waals surface area contributed by atoms with E-state index in [1.54, 1.807) is 0 Å². The number of urea groups is 1. The molecular formula is C21H28N3O3+. The lowest BCUT2D eigenvalue weighted by molar-refractivity contribution is -0.871. The van der Waals surface area contributed by atoms with Crippen molar-refractivity contribution in [2.75, 3.05) is 33.0 Å². The quantitative estimate of drug-likeness (QED) is 0.625. The number of carboxylic acid groups (broad SMARTS) is 1. The summed E-state index contributed by atoms with van der Waals surface area (Å²) in [5.74, 6) is -0.932. The smallest absolute Gasteiger partial charge is 0.319 e. The van der Waals surface area contributed by atoms with E-state index in [9.17, 15) is 9.59 Å². The minimum atomic E-state index is -0.932. The number of carbonyl (C=O) groups is 2. The molecule has 2 amide bonds. The van der Waals surface area contributed by atoms with Gasteiger partial charge in [0, 0.05) is 5.69 Å². The number of aliphatic carboxylic acids is 1. The van der Waals surface area contributed by atoms with Gasteiger partial charge in [0.05, 0.1) is 40.2 Å². The molecule has 6 heteroatoms. The minimum Gasteiger partial charge on any atom is -0.481 e. The van der Waals surface area contributed by atoms with Crippen LogP contribution in [0.5, 0.6) is 0 Å². The molecule has 0 aliphatic heterocycles. The number of quaternary nitrogens is 1. The number of nitrogens with zero attached hydrogens (tertiary/aromatic N) is 1. The van der Waals surface area contributed by atoms with Crippen molar-refractivity contribution in [2.24, 2.45) is 0 Å². The molecule has 3 N–H and O–H groups in total. The van der Waals surface area contributed by atoms with Crippen LogP contribution in [0.4, 0.5) is 10.5 Å². The molecule has 0 bridgehead atoms. The number of carbonyl (C=O) groups excluding carboxylic acids is 1. The van der Waals surface area contributed by atoms with E-state index in [-0.39, 0.29) is 6.42 Å². The Kier molecular flexibility index (Phi) is 6.96. The molecule has 144 valence electrons. The number of benzene rings is 2. The first-order valence-corrected chi connectivity index (χ1v) is 8.94. The Bertz CT molecular complexity index is 770. The van der Waals surface area contributed by atoms with Crippen molar-refractivity contribution in [3.05, 3.63) is 65.7 Å². The molecule has 1 atom stereocenters. The average Bonchev–Trinajstić information content (AvgIpc) is 2.53. The molecule has 0 saturated carbocycles. The number of rotatable bonds is 8. The fourth-order valence-electron chi connectivity index (χ4n) is 2.98. The second-order valence-corrected chi connectivity index (χ2v) is 7.73. The summed E-state index contributed by atoms with van der Waals surface area (Å²) in [6, 6.07) is 16.9. The normalized spacial score (nSPS) is 12.3. The summed E-state index contributed by atoms with van der Waals surface area (Å²) in [7, 11) is 5.88. The maximum absolute atomic E-state index is 12.3. The van der Waals surface area contributed by atoms with Crippen LogP contribution in [0.1, 0.15) is 17.5 Å². The van der Waals surface area contributed by atoms with Crippen molar-refractivity contribution in [3.8, 4) is 0 Å². The SMILES string of the molecule is C[N+](C)(C)C[C@@H](CC(=O)O)NC(=O)Nc1cccc(Cc2ccccc2)c1. The highest BCUT2D eigenvalue weighted by atomic mass is 16.4. The molecule has 2 aromatic rings. The third-order valence-electron chi connectivity index (χ3n) is 3.96. The van der Waals surface area contributed by atoms with Gasteiger partial charge < -0.3 is 20.2 Å². The largest absolute Gasteiger partial charge is 0.481 e. The number of anilines is 1. The van der Waals surface area contributed by atoms with E-state index in [1.165, 1.54) is 5.56 Å². The Morgan fingerprint density at radius 2 is 1.67 bits per heavy atom. The molecule has 2 aromatic carbocycles. The second-order valence-electron chi connectivity index (χ2n) is 7.73. The fraction of sp³-hybridized carbons (Fsp3) is 0.333. The average molecular weight is 370 g/mol. The second kappa shape index (κ2) is 9.19. The van der Waals surface area contributed by atoms with Crippen LogP contribution < -0.4 is 10.6 Å². The molecule has 0 spiro atoms. The fourth-order valence-corrected chi connectivity index (χ4v) is 2.98. The van der Waals surface area contributed by atoms with Crippen molar-refractivity contribution >= 4 is 17.7 Å². The zero-order valence-corrected chi connectivity index (χ0v) is 16.1. The van der Waals surface area contributed by atoms with Gasteiger partial charge in [-0.3, -0.25) is 4.79 Å². The highest BCUT2D eigenvalue weighted by Crippen LogP contribution is 2.15. The number of hydrogen-bond donors (Lipinski definition) is 3. The molecule has 0 saturated heterocycles. The molecule has 6 nitrogen and oxygen atoms in total. The van der Waals surface area contributed by atoms with Crippen molar-refractivity contribution < 1.29 is 19.2 Å². The van der Waals surface area contributed by atoms with Crippen LogP contribution in [0.25, 0.3) is 0 Å². The van der Waals surface area contributed by atoms with E-state index in [4.69, 9.17) is 5.11 Å². The Morgan fingerprint density at radius 3 is 2.30 bits per heavy atom. The number of hydrogen-bond acceptors (Lipinski definition) is 2. The third kappa shape index (κ3) is 7.92. The summed E-state index contributed by atoms with van der Waals surface area (Å²) in [4.78, 5) is 23.4. The van der Waals surface area contributed by atoms with Gasteiger partial charge in [-0.05, 0) is 29.7 Å². The molecular weight excluding hydrogens is 342 g/mol. The molecule has 27 heavy (non-hydrogen) atoms. The van der Waals surface area contributed by atoms with Gasteiger partial charge >= 0.3 is 12.0 Å². The molecule has 0 radical (unpaired) electrons. The van der Waals surface area contributed by atoms with Gasteiger partial charge in [0.2, 0.25) is 0 Å². The van der Waals surface area contributed by atoms with E-state index in [2.05, 4.69) is 22.8 Å². The van der Waals surface area contributed by atoms with Gasteiger partial charge in [0.15, 0.2) is 0 Å². The molecule has 0 aromatic heterocycles. The Morgan fingerprint density at radius 1 is 1.00 bits per heavy atom. The first kappa shape index (κ1) is 20.5. The molecule has 0 aliphatic carbocycles. The summed E-state index contributed by atoms with van der Waals surface area (Å²) >= 11 is 0. The van der Waals surface area contributed by atoms with Gasteiger partial charge in [0.25, 0.3) is 0 Å². The van der Waals surface area contributed by atoms with Crippen molar-refractivity contribution in [3.63, 3.8) is 0 Å². The van der Waals surface area contributed by atoms with Crippen LogP contribution >= 0.6 is 0 Å². The van der Waals surface area contributed by atoms with Crippen molar-refractivity contribution in [1.29, 1.82) is 0 Å². The molecule has 0 unspecified atom stereocenters. The Balaban J connectivity index is 1.99. The van der Waals surface area contributed by atoms with Crippen LogP contribution in [-0.2, 0) is 11.2 Å². The van der Waals surface area contributed by atoms with E-state index in [0.29, 0.717) is 16.7 Å². The van der Waals surface area contributed by atoms with Crippen LogP contribution in [0.15, 0.2) is 54.6 Å². The summed E-state index contributed by atoms with van der Waals surface area (Å²) in [5.41, 5.74) is 2.97. The predicted molar refractivity (Wildman–Crippen MR) is 107 cm³/mol. The van der Waals surface area contributed by atoms with Crippen LogP contribution in [-0.4, -0.2) is 55.3 Å². The third-order valence-corrected chi connectivity index (χ3v) is 3.96. The monoisotopic (exact) mass is 370 g/mol. The number of likely N-dealkylation sites (N-methyl/N-ethyl adjacent to an activating group) is 1. The predicted octanol–water partition coefficient (Wildman–Crippen LogP) is 2.95. The van der Waals surface area contributed by atoms with E-state index in [0.717, 1.165) is 12.0 Å². The van der Waals surface area contributed by atoms with Gasteiger partial charge in [-0.1, -0.05) is 42.5 Å². The van der Waals surface area contributed by atoms with Crippen LogP contribution in [0.2, 0.25) is 0 Å². The van der Waals surface area contributed by atoms with Crippen molar-refractivity contribution in [2.45, 2.75) is 18.9 Å². The number of amides is 2. The lowest BCUT2D eigenvalue weighted by Crippen LogP contribution is -2.50. The summed E-state index contributed by atoms with van der Waals surface area (Å²) in [6.45, 7) is 0.522. The Hall–Kier alpha value is -2.86. The number of nitrogens with one attached hydrogen (secondary N) is 2. The van der Waals surface area contributed by atoms with E-state index < -0.39 is 18.0 Å². The van der Waals surface area contributed by atoms with Crippen LogP contribution in [0, 0.1) is 0 Å². The van der Waals surface area contributed by atoms with E-state index >= 15 is 0 Å². The summed E-state index contributed by atoms with van der Waals surface area (Å²) in [6.07, 6.45) is 0.665. The lowest BCUT2D eigenvalue weighted by Gasteiger charge is -2.29. The summed E-state index contributed by atoms with van der Waals surface area (Å²) < 4.78 is 0.560. The standard InChI is InChI=1S/C21H27N3O3/c1-24(2,3)15-19(14-20(25)26)23-21(27)22-18-11-7-10-17(13-18)12-16-8-5-4-6-9-16/h4-11,13,19H,12,14-15H2,1-3H3,(H2-,22,23,25,26,27)/p+1/t19-/m1/s1. The zero-order valence-electron chi connectivity index (χ0n) is 16.1. The van der Waals surface area contributed by atoms with Gasteiger partial charge in [-0.2, -0.15) is 0 Å². The molecule has 0 aliphatic rings. The minimum absolute atomic E-state index is 0.114. The molecule has 0 fully saturated rings. The molecule has 0 heterocycles. The van der Waals surface area contributed by atoms with Crippen molar-refractivity contribution in [1.82, 2.24) is 5.32 Å². The van der Waals surface area contributed by atoms with E-state index in [1.807, 2.05) is 63.6 Å². The lowest BCUT2D eigenvalue weighted by atomic mass is 10.0. The topological polar surface area (TPSA) is 78.4 Å². The first-order valence-electron chi connectivity index (χ1n) is 8.94. The highest BCUT2D eigenvalue weighted by molar-refractivity contribution is 5.89. The summed E-state index contributed by atoms with van der Waals surface area (Å²) in [5, 5.41) is 14.7. The first-order chi connectivity index (χ1) is 12.7. The highest BCUT2D eigenvalue weighted by Gasteiger charge is 2.22. The molecule has 2 rings (SSSR count). The maximum atomic E-state index is 12.3. The maximum Gasteiger partial charge on any atom is 0.319 e. The zero-order chi connectivity index (χ0) is 19.9. The van der Waals surface area contributed by atoms with Gasteiger partial charge in [-0.25, -0.2) is 4.79 Å². The van der Waals surface area contributed by atoms with Crippen LogP contribution in [0.3, 0.4) is 0 Å². The number of carboxylic acids is 1.